The van der Waals surface area contributed by atoms with E-state index in [1.54, 1.807) is 11.4 Å². The SMILES string of the molecule is CC(NS(=O)(=O)c1cccs1)C(=O)Nc1ccc(Cl)c(S(=O)(=O)N2CCCC2)c1. The van der Waals surface area contributed by atoms with Gasteiger partial charge in [-0.15, -0.1) is 11.3 Å². The Bertz CT molecular complexity index is 1100. The smallest absolute Gasteiger partial charge is 0.250 e. The van der Waals surface area contributed by atoms with Crippen molar-refractivity contribution in [2.75, 3.05) is 18.4 Å². The quantitative estimate of drug-likeness (QED) is 0.636. The number of sulfonamides is 2. The van der Waals surface area contributed by atoms with Crippen LogP contribution in [0.1, 0.15) is 19.8 Å². The Hall–Kier alpha value is -1.50. The number of halogens is 1. The molecule has 2 heterocycles. The Morgan fingerprint density at radius 3 is 2.48 bits per heavy atom. The van der Waals surface area contributed by atoms with Crippen molar-refractivity contribution in [3.8, 4) is 0 Å². The third kappa shape index (κ3) is 4.98. The predicted molar refractivity (Wildman–Crippen MR) is 112 cm³/mol. The van der Waals surface area contributed by atoms with Gasteiger partial charge in [-0.05, 0) is 49.4 Å². The van der Waals surface area contributed by atoms with Crippen LogP contribution < -0.4 is 10.0 Å². The second-order valence-electron chi connectivity index (χ2n) is 6.52. The Kier molecular flexibility index (Phi) is 6.66. The molecule has 1 fully saturated rings. The molecule has 0 radical (unpaired) electrons. The van der Waals surface area contributed by atoms with Gasteiger partial charge < -0.3 is 5.32 Å². The first-order valence-corrected chi connectivity index (χ1v) is 13.0. The molecule has 0 spiro atoms. The van der Waals surface area contributed by atoms with Crippen molar-refractivity contribution in [2.45, 2.75) is 34.9 Å². The third-order valence-electron chi connectivity index (χ3n) is 4.37. The topological polar surface area (TPSA) is 113 Å². The largest absolute Gasteiger partial charge is 0.325 e. The van der Waals surface area contributed by atoms with Crippen molar-refractivity contribution in [1.29, 1.82) is 0 Å². The van der Waals surface area contributed by atoms with Crippen LogP contribution in [0.15, 0.2) is 44.8 Å². The summed E-state index contributed by atoms with van der Waals surface area (Å²) in [4.78, 5) is 12.3. The molecule has 3 rings (SSSR count). The molecule has 1 aromatic carbocycles. The number of amides is 1. The maximum atomic E-state index is 12.8. The Balaban J connectivity index is 1.75. The van der Waals surface area contributed by atoms with Crippen molar-refractivity contribution < 1.29 is 21.6 Å². The van der Waals surface area contributed by atoms with E-state index in [0.29, 0.717) is 13.1 Å². The van der Waals surface area contributed by atoms with Crippen molar-refractivity contribution in [3.63, 3.8) is 0 Å². The summed E-state index contributed by atoms with van der Waals surface area (Å²) in [6.07, 6.45) is 1.57. The first kappa shape index (κ1) is 22.2. The number of benzene rings is 1. The van der Waals surface area contributed by atoms with E-state index >= 15 is 0 Å². The number of carbonyl (C=O) groups is 1. The van der Waals surface area contributed by atoms with Crippen molar-refractivity contribution >= 4 is 54.6 Å². The van der Waals surface area contributed by atoms with Gasteiger partial charge in [-0.1, -0.05) is 17.7 Å². The molecule has 2 aromatic rings. The standard InChI is InChI=1S/C17H20ClN3O5S3/c1-12(20-28(23,24)16-5-4-10-27-16)17(22)19-13-6-7-14(18)15(11-13)29(25,26)21-8-2-3-9-21/h4-7,10-12,20H,2-3,8-9H2,1H3,(H,19,22). The highest BCUT2D eigenvalue weighted by Gasteiger charge is 2.30. The van der Waals surface area contributed by atoms with E-state index in [9.17, 15) is 21.6 Å². The van der Waals surface area contributed by atoms with E-state index in [4.69, 9.17) is 11.6 Å². The van der Waals surface area contributed by atoms with Crippen molar-refractivity contribution in [3.05, 3.63) is 40.7 Å². The number of nitrogens with zero attached hydrogens (tertiary/aromatic N) is 1. The maximum absolute atomic E-state index is 12.8. The van der Waals surface area contributed by atoms with Crippen LogP contribution >= 0.6 is 22.9 Å². The van der Waals surface area contributed by atoms with Gasteiger partial charge in [0.15, 0.2) is 0 Å². The molecule has 1 unspecified atom stereocenters. The third-order valence-corrected chi connectivity index (χ3v) is 9.69. The zero-order chi connectivity index (χ0) is 21.2. The monoisotopic (exact) mass is 477 g/mol. The predicted octanol–water partition coefficient (Wildman–Crippen LogP) is 2.49. The van der Waals surface area contributed by atoms with Gasteiger partial charge in [0.2, 0.25) is 15.9 Å². The zero-order valence-electron chi connectivity index (χ0n) is 15.5. The fourth-order valence-corrected chi connectivity index (χ4v) is 7.09. The van der Waals surface area contributed by atoms with Crippen LogP contribution in [0, 0.1) is 0 Å². The van der Waals surface area contributed by atoms with E-state index in [1.807, 2.05) is 0 Å². The van der Waals surface area contributed by atoms with E-state index in [0.717, 1.165) is 24.2 Å². The number of hydrogen-bond donors (Lipinski definition) is 2. The molecular weight excluding hydrogens is 458 g/mol. The molecule has 1 aromatic heterocycles. The van der Waals surface area contributed by atoms with Gasteiger partial charge >= 0.3 is 0 Å². The highest BCUT2D eigenvalue weighted by Crippen LogP contribution is 2.29. The highest BCUT2D eigenvalue weighted by molar-refractivity contribution is 7.91. The Morgan fingerprint density at radius 1 is 1.17 bits per heavy atom. The number of thiophene rings is 1. The molecule has 1 saturated heterocycles. The Labute approximate surface area is 179 Å². The van der Waals surface area contributed by atoms with E-state index in [-0.39, 0.29) is 19.8 Å². The second kappa shape index (κ2) is 8.70. The van der Waals surface area contributed by atoms with Gasteiger partial charge in [-0.3, -0.25) is 4.79 Å². The number of hydrogen-bond acceptors (Lipinski definition) is 6. The molecule has 1 atom stereocenters. The van der Waals surface area contributed by atoms with Gasteiger partial charge in [-0.2, -0.15) is 9.03 Å². The molecule has 0 aliphatic carbocycles. The summed E-state index contributed by atoms with van der Waals surface area (Å²) in [5.74, 6) is -0.628. The van der Waals surface area contributed by atoms with Gasteiger partial charge in [0.25, 0.3) is 10.0 Å². The van der Waals surface area contributed by atoms with Crippen LogP contribution in [0.3, 0.4) is 0 Å². The van der Waals surface area contributed by atoms with Crippen LogP contribution in [0.4, 0.5) is 5.69 Å². The minimum absolute atomic E-state index is 0.0568. The van der Waals surface area contributed by atoms with Gasteiger partial charge in [0.1, 0.15) is 9.10 Å². The molecule has 1 aliphatic rings. The van der Waals surface area contributed by atoms with Crippen LogP contribution in [0.5, 0.6) is 0 Å². The fraction of sp³-hybridized carbons (Fsp3) is 0.353. The minimum Gasteiger partial charge on any atom is -0.325 e. The lowest BCUT2D eigenvalue weighted by Crippen LogP contribution is -2.41. The van der Waals surface area contributed by atoms with Crippen molar-refractivity contribution in [2.24, 2.45) is 0 Å². The summed E-state index contributed by atoms with van der Waals surface area (Å²) >= 11 is 7.13. The molecule has 1 aliphatic heterocycles. The lowest BCUT2D eigenvalue weighted by Gasteiger charge is -2.18. The first-order chi connectivity index (χ1) is 13.6. The Morgan fingerprint density at radius 2 is 1.86 bits per heavy atom. The van der Waals surface area contributed by atoms with Crippen LogP contribution in [-0.4, -0.2) is 46.2 Å². The lowest BCUT2D eigenvalue weighted by molar-refractivity contribution is -0.117. The maximum Gasteiger partial charge on any atom is 0.250 e. The fourth-order valence-electron chi connectivity index (χ4n) is 2.86. The van der Waals surface area contributed by atoms with Gasteiger partial charge in [-0.25, -0.2) is 16.8 Å². The minimum atomic E-state index is -3.82. The van der Waals surface area contributed by atoms with Crippen molar-refractivity contribution in [1.82, 2.24) is 9.03 Å². The summed E-state index contributed by atoms with van der Waals surface area (Å²) in [6.45, 7) is 2.26. The average molecular weight is 478 g/mol. The summed E-state index contributed by atoms with van der Waals surface area (Å²) in [6, 6.07) is 6.10. The zero-order valence-corrected chi connectivity index (χ0v) is 18.7. The molecular formula is C17H20ClN3O5S3. The summed E-state index contributed by atoms with van der Waals surface area (Å²) < 4.78 is 53.8. The summed E-state index contributed by atoms with van der Waals surface area (Å²) in [5, 5.41) is 4.21. The normalized spacial score (nSPS) is 16.6. The van der Waals surface area contributed by atoms with E-state index in [2.05, 4.69) is 10.0 Å². The van der Waals surface area contributed by atoms with Crippen LogP contribution in [0.25, 0.3) is 0 Å². The molecule has 0 saturated carbocycles. The first-order valence-electron chi connectivity index (χ1n) is 8.78. The second-order valence-corrected chi connectivity index (χ2v) is 11.7. The van der Waals surface area contributed by atoms with Gasteiger partial charge in [0, 0.05) is 18.8 Å². The van der Waals surface area contributed by atoms with E-state index < -0.39 is 32.0 Å². The lowest BCUT2D eigenvalue weighted by atomic mass is 10.3. The molecule has 29 heavy (non-hydrogen) atoms. The highest BCUT2D eigenvalue weighted by atomic mass is 35.5. The van der Waals surface area contributed by atoms with E-state index in [1.165, 1.54) is 35.5 Å². The molecule has 12 heteroatoms. The summed E-state index contributed by atoms with van der Waals surface area (Å²) in [5.41, 5.74) is 0.208. The number of anilines is 1. The number of nitrogens with one attached hydrogen (secondary N) is 2. The number of carbonyl (C=O) groups excluding carboxylic acids is 1. The molecule has 0 bridgehead atoms. The summed E-state index contributed by atoms with van der Waals surface area (Å²) in [7, 11) is -7.59. The molecule has 158 valence electrons. The van der Waals surface area contributed by atoms with Gasteiger partial charge in [0.05, 0.1) is 11.1 Å². The van der Waals surface area contributed by atoms with Crippen LogP contribution in [0.2, 0.25) is 5.02 Å². The molecule has 2 N–H and O–H groups in total. The number of rotatable bonds is 7. The average Bonchev–Trinajstić information content (AvgIpc) is 3.37. The molecule has 8 nitrogen and oxygen atoms in total. The van der Waals surface area contributed by atoms with Crippen LogP contribution in [-0.2, 0) is 24.8 Å². The molecule has 1 amide bonds.